The highest BCUT2D eigenvalue weighted by molar-refractivity contribution is 7.98. The number of hydrogen-bond acceptors (Lipinski definition) is 5. The van der Waals surface area contributed by atoms with Gasteiger partial charge < -0.3 is 10.6 Å². The number of benzene rings is 2. The van der Waals surface area contributed by atoms with Gasteiger partial charge in [0.2, 0.25) is 15.9 Å². The minimum Gasteiger partial charge on any atom is -0.343 e. The molecule has 0 aliphatic rings. The van der Waals surface area contributed by atoms with E-state index in [0.717, 1.165) is 4.90 Å². The number of anilines is 1. The van der Waals surface area contributed by atoms with Crippen LogP contribution in [0.25, 0.3) is 0 Å². The number of hydrogen-bond donors (Lipinski definition) is 3. The van der Waals surface area contributed by atoms with Crippen molar-refractivity contribution in [3.05, 3.63) is 54.1 Å². The van der Waals surface area contributed by atoms with Crippen molar-refractivity contribution < 1.29 is 18.0 Å². The second-order valence-corrected chi connectivity index (χ2v) is 8.85. The monoisotopic (exact) mass is 421 g/mol. The maximum absolute atomic E-state index is 12.2. The van der Waals surface area contributed by atoms with E-state index in [9.17, 15) is 18.0 Å². The predicted octanol–water partition coefficient (Wildman–Crippen LogP) is 2.46. The van der Waals surface area contributed by atoms with Crippen LogP contribution < -0.4 is 15.4 Å². The molecule has 0 atom stereocenters. The molecule has 9 heteroatoms. The first-order valence-corrected chi connectivity index (χ1v) is 11.3. The highest BCUT2D eigenvalue weighted by Crippen LogP contribution is 2.17. The van der Waals surface area contributed by atoms with E-state index in [1.807, 2.05) is 18.4 Å². The molecular weight excluding hydrogens is 398 g/mol. The molecule has 0 aromatic heterocycles. The quantitative estimate of drug-likeness (QED) is 0.568. The van der Waals surface area contributed by atoms with Crippen LogP contribution in [-0.4, -0.2) is 39.1 Å². The molecule has 0 saturated heterocycles. The minimum absolute atomic E-state index is 0.0733. The Morgan fingerprint density at radius 3 is 2.14 bits per heavy atom. The molecule has 2 aromatic carbocycles. The fraction of sp³-hybridized carbons (Fsp3) is 0.263. The molecule has 0 aliphatic carbocycles. The van der Waals surface area contributed by atoms with E-state index >= 15 is 0 Å². The summed E-state index contributed by atoms with van der Waals surface area (Å²) in [5.74, 6) is -0.820. The van der Waals surface area contributed by atoms with E-state index in [-0.39, 0.29) is 29.0 Å². The lowest BCUT2D eigenvalue weighted by Crippen LogP contribution is -2.33. The number of rotatable bonds is 8. The first-order chi connectivity index (χ1) is 13.2. The highest BCUT2D eigenvalue weighted by atomic mass is 32.2. The van der Waals surface area contributed by atoms with Gasteiger partial charge >= 0.3 is 0 Å². The Balaban J connectivity index is 1.91. The van der Waals surface area contributed by atoms with Crippen LogP contribution in [0.2, 0.25) is 0 Å². The van der Waals surface area contributed by atoms with Gasteiger partial charge in [-0.15, -0.1) is 11.8 Å². The zero-order valence-corrected chi connectivity index (χ0v) is 17.5. The first kappa shape index (κ1) is 21.9. The van der Waals surface area contributed by atoms with Crippen LogP contribution in [0.1, 0.15) is 24.2 Å². The van der Waals surface area contributed by atoms with Gasteiger partial charge in [0.15, 0.2) is 0 Å². The van der Waals surface area contributed by atoms with Gasteiger partial charge in [-0.1, -0.05) is 0 Å². The molecule has 0 saturated carbocycles. The maximum Gasteiger partial charge on any atom is 0.251 e. The average molecular weight is 422 g/mol. The third kappa shape index (κ3) is 6.36. The highest BCUT2D eigenvalue weighted by Gasteiger charge is 2.16. The van der Waals surface area contributed by atoms with Crippen LogP contribution in [0.5, 0.6) is 0 Å². The van der Waals surface area contributed by atoms with Crippen LogP contribution in [0, 0.1) is 0 Å². The summed E-state index contributed by atoms with van der Waals surface area (Å²) < 4.78 is 26.6. The van der Waals surface area contributed by atoms with Crippen LogP contribution >= 0.6 is 11.8 Å². The molecule has 28 heavy (non-hydrogen) atoms. The Morgan fingerprint density at radius 1 is 1.00 bits per heavy atom. The molecule has 0 unspecified atom stereocenters. The Kier molecular flexibility index (Phi) is 7.61. The summed E-state index contributed by atoms with van der Waals surface area (Å²) in [4.78, 5) is 25.3. The smallest absolute Gasteiger partial charge is 0.251 e. The standard InChI is InChI=1S/C19H23N3O4S2/c1-13(2)22-28(25,26)17-10-4-14(5-11-17)19(24)20-12-18(23)21-15-6-8-16(27-3)9-7-15/h4-11,13,22H,12H2,1-3H3,(H,20,24)(H,21,23). The number of amides is 2. The molecule has 150 valence electrons. The normalized spacial score (nSPS) is 11.3. The Labute approximate surface area is 169 Å². The zero-order valence-electron chi connectivity index (χ0n) is 15.9. The Morgan fingerprint density at radius 2 is 1.61 bits per heavy atom. The molecule has 0 aliphatic heterocycles. The number of thioether (sulfide) groups is 1. The van der Waals surface area contributed by atoms with E-state index in [0.29, 0.717) is 5.69 Å². The number of carbonyl (C=O) groups excluding carboxylic acids is 2. The lowest BCUT2D eigenvalue weighted by molar-refractivity contribution is -0.115. The van der Waals surface area contributed by atoms with Crippen LogP contribution in [0.3, 0.4) is 0 Å². The van der Waals surface area contributed by atoms with Crippen molar-refractivity contribution in [1.82, 2.24) is 10.0 Å². The van der Waals surface area contributed by atoms with Crippen LogP contribution in [0.15, 0.2) is 58.3 Å². The van der Waals surface area contributed by atoms with Gasteiger partial charge in [-0.05, 0) is 68.6 Å². The van der Waals surface area contributed by atoms with E-state index in [2.05, 4.69) is 15.4 Å². The SMILES string of the molecule is CSc1ccc(NC(=O)CNC(=O)c2ccc(S(=O)(=O)NC(C)C)cc2)cc1. The molecule has 7 nitrogen and oxygen atoms in total. The van der Waals surface area contributed by atoms with Crippen molar-refractivity contribution in [3.8, 4) is 0 Å². The van der Waals surface area contributed by atoms with E-state index < -0.39 is 15.9 Å². The number of nitrogens with one attached hydrogen (secondary N) is 3. The molecule has 0 spiro atoms. The third-order valence-corrected chi connectivity index (χ3v) is 6.02. The Hall–Kier alpha value is -2.36. The van der Waals surface area contributed by atoms with Gasteiger partial charge in [-0.25, -0.2) is 13.1 Å². The third-order valence-electron chi connectivity index (χ3n) is 3.60. The van der Waals surface area contributed by atoms with Crippen molar-refractivity contribution in [2.75, 3.05) is 18.1 Å². The summed E-state index contributed by atoms with van der Waals surface area (Å²) in [5, 5.41) is 5.21. The van der Waals surface area contributed by atoms with Crippen molar-refractivity contribution >= 4 is 39.3 Å². The van der Waals surface area contributed by atoms with Gasteiger partial charge in [0.25, 0.3) is 5.91 Å². The molecule has 2 aromatic rings. The summed E-state index contributed by atoms with van der Waals surface area (Å²) in [5.41, 5.74) is 0.907. The van der Waals surface area contributed by atoms with Crippen molar-refractivity contribution in [1.29, 1.82) is 0 Å². The van der Waals surface area contributed by atoms with Gasteiger partial charge in [-0.3, -0.25) is 9.59 Å². The predicted molar refractivity (Wildman–Crippen MR) is 111 cm³/mol. The molecule has 0 heterocycles. The van der Waals surface area contributed by atoms with Crippen molar-refractivity contribution in [3.63, 3.8) is 0 Å². The number of carbonyl (C=O) groups is 2. The largest absolute Gasteiger partial charge is 0.343 e. The lowest BCUT2D eigenvalue weighted by atomic mass is 10.2. The van der Waals surface area contributed by atoms with E-state index in [1.165, 1.54) is 24.3 Å². The van der Waals surface area contributed by atoms with Gasteiger partial charge in [0.1, 0.15) is 0 Å². The van der Waals surface area contributed by atoms with E-state index in [1.54, 1.807) is 37.7 Å². The average Bonchev–Trinajstić information content (AvgIpc) is 2.66. The van der Waals surface area contributed by atoms with Crippen LogP contribution in [-0.2, 0) is 14.8 Å². The summed E-state index contributed by atoms with van der Waals surface area (Å²) in [7, 11) is -3.61. The van der Waals surface area contributed by atoms with Gasteiger partial charge in [-0.2, -0.15) is 0 Å². The molecule has 3 N–H and O–H groups in total. The summed E-state index contributed by atoms with van der Waals surface area (Å²) in [6.45, 7) is 3.25. The van der Waals surface area contributed by atoms with Crippen LogP contribution in [0.4, 0.5) is 5.69 Å². The molecule has 0 radical (unpaired) electrons. The molecular formula is C19H23N3O4S2. The van der Waals surface area contributed by atoms with Crippen molar-refractivity contribution in [2.45, 2.75) is 29.7 Å². The fourth-order valence-electron chi connectivity index (χ4n) is 2.31. The van der Waals surface area contributed by atoms with E-state index in [4.69, 9.17) is 0 Å². The molecule has 2 amide bonds. The lowest BCUT2D eigenvalue weighted by Gasteiger charge is -2.10. The van der Waals surface area contributed by atoms with Crippen molar-refractivity contribution in [2.24, 2.45) is 0 Å². The maximum atomic E-state index is 12.2. The van der Waals surface area contributed by atoms with Gasteiger partial charge in [0, 0.05) is 22.2 Å². The summed E-state index contributed by atoms with van der Waals surface area (Å²) >= 11 is 1.60. The summed E-state index contributed by atoms with van der Waals surface area (Å²) in [6.07, 6.45) is 1.96. The number of sulfonamides is 1. The second kappa shape index (κ2) is 9.72. The minimum atomic E-state index is -3.61. The molecule has 0 fully saturated rings. The zero-order chi connectivity index (χ0) is 20.7. The fourth-order valence-corrected chi connectivity index (χ4v) is 3.97. The second-order valence-electron chi connectivity index (χ2n) is 6.26. The first-order valence-electron chi connectivity index (χ1n) is 8.56. The molecule has 2 rings (SSSR count). The van der Waals surface area contributed by atoms with Gasteiger partial charge in [0.05, 0.1) is 11.4 Å². The molecule has 0 bridgehead atoms. The topological polar surface area (TPSA) is 104 Å². The Bertz CT molecular complexity index is 925. The summed E-state index contributed by atoms with van der Waals surface area (Å²) in [6, 6.07) is 12.6.